The van der Waals surface area contributed by atoms with Gasteiger partial charge in [0.15, 0.2) is 0 Å². The minimum atomic E-state index is -0.0204. The van der Waals surface area contributed by atoms with E-state index in [4.69, 9.17) is 0 Å². The van der Waals surface area contributed by atoms with E-state index >= 15 is 0 Å². The van der Waals surface area contributed by atoms with E-state index in [2.05, 4.69) is 16.9 Å². The predicted molar refractivity (Wildman–Crippen MR) is 72.3 cm³/mol. The van der Waals surface area contributed by atoms with Gasteiger partial charge in [0.25, 0.3) is 0 Å². The van der Waals surface area contributed by atoms with Gasteiger partial charge in [-0.3, -0.25) is 4.79 Å². The number of rotatable bonds is 5. The minimum absolute atomic E-state index is 0.0204. The second-order valence-electron chi connectivity index (χ2n) is 3.39. The van der Waals surface area contributed by atoms with Gasteiger partial charge in [-0.05, 0) is 11.4 Å². The molecule has 0 spiro atoms. The molecule has 0 aromatic carbocycles. The minimum Gasteiger partial charge on any atom is -0.352 e. The molecule has 5 heteroatoms. The molecule has 3 nitrogen and oxygen atoms in total. The van der Waals surface area contributed by atoms with Crippen LogP contribution in [0.5, 0.6) is 0 Å². The summed E-state index contributed by atoms with van der Waals surface area (Å²) in [5, 5.41) is 7.67. The summed E-state index contributed by atoms with van der Waals surface area (Å²) in [7, 11) is 0. The summed E-state index contributed by atoms with van der Waals surface area (Å²) in [4.78, 5) is 17.1. The number of thiazole rings is 1. The molecule has 0 aliphatic carbocycles. The number of carbonyl (C=O) groups is 1. The maximum Gasteiger partial charge on any atom is 0.226 e. The Labute approximate surface area is 108 Å². The van der Waals surface area contributed by atoms with Crippen LogP contribution in [0.25, 0.3) is 9.88 Å². The lowest BCUT2D eigenvalue weighted by molar-refractivity contribution is -0.120. The normalized spacial score (nSPS) is 10.1. The summed E-state index contributed by atoms with van der Waals surface area (Å²) in [6.07, 6.45) is 1.99. The number of amides is 1. The fraction of sp³-hybridized carbons (Fsp3) is 0.167. The van der Waals surface area contributed by atoms with Crippen LogP contribution in [0, 0.1) is 0 Å². The molecule has 0 fully saturated rings. The van der Waals surface area contributed by atoms with Gasteiger partial charge < -0.3 is 5.32 Å². The van der Waals surface area contributed by atoms with Crippen LogP contribution in [0.1, 0.15) is 5.69 Å². The van der Waals surface area contributed by atoms with Crippen molar-refractivity contribution in [2.75, 3.05) is 6.54 Å². The molecule has 17 heavy (non-hydrogen) atoms. The Bertz CT molecular complexity index is 502. The Hall–Kier alpha value is -1.46. The Morgan fingerprint density at radius 1 is 1.53 bits per heavy atom. The molecule has 2 rings (SSSR count). The van der Waals surface area contributed by atoms with Crippen molar-refractivity contribution in [2.24, 2.45) is 0 Å². The smallest absolute Gasteiger partial charge is 0.226 e. The highest BCUT2D eigenvalue weighted by molar-refractivity contribution is 7.20. The standard InChI is InChI=1S/C12H12N2OS2/c1-2-5-13-11(15)7-9-8-17-12(14-9)10-4-3-6-16-10/h2-4,6,8H,1,5,7H2,(H,13,15). The van der Waals surface area contributed by atoms with E-state index in [-0.39, 0.29) is 5.91 Å². The quantitative estimate of drug-likeness (QED) is 0.844. The van der Waals surface area contributed by atoms with Gasteiger partial charge in [0, 0.05) is 11.9 Å². The maximum absolute atomic E-state index is 11.5. The molecule has 88 valence electrons. The van der Waals surface area contributed by atoms with Gasteiger partial charge in [-0.15, -0.1) is 29.3 Å². The largest absolute Gasteiger partial charge is 0.352 e. The lowest BCUT2D eigenvalue weighted by atomic mass is 10.3. The molecular formula is C12H12N2OS2. The highest BCUT2D eigenvalue weighted by atomic mass is 32.1. The van der Waals surface area contributed by atoms with E-state index in [1.165, 1.54) is 0 Å². The molecule has 0 aliphatic rings. The first kappa shape index (κ1) is 12.0. The fourth-order valence-electron chi connectivity index (χ4n) is 1.31. The van der Waals surface area contributed by atoms with E-state index < -0.39 is 0 Å². The summed E-state index contributed by atoms with van der Waals surface area (Å²) in [6.45, 7) is 4.05. The first-order valence-electron chi connectivity index (χ1n) is 5.15. The lowest BCUT2D eigenvalue weighted by Gasteiger charge is -1.98. The molecule has 0 atom stereocenters. The number of hydrogen-bond acceptors (Lipinski definition) is 4. The van der Waals surface area contributed by atoms with E-state index in [1.54, 1.807) is 28.7 Å². The van der Waals surface area contributed by atoms with Gasteiger partial charge in [-0.25, -0.2) is 4.98 Å². The molecule has 0 saturated carbocycles. The van der Waals surface area contributed by atoms with Crippen LogP contribution in [0.2, 0.25) is 0 Å². The zero-order valence-corrected chi connectivity index (χ0v) is 10.8. The molecule has 1 N–H and O–H groups in total. The first-order valence-corrected chi connectivity index (χ1v) is 6.91. The van der Waals surface area contributed by atoms with Gasteiger partial charge in [0.2, 0.25) is 5.91 Å². The van der Waals surface area contributed by atoms with Crippen LogP contribution in [-0.2, 0) is 11.2 Å². The Morgan fingerprint density at radius 3 is 3.12 bits per heavy atom. The van der Waals surface area contributed by atoms with Gasteiger partial charge in [-0.1, -0.05) is 12.1 Å². The molecule has 1 amide bonds. The highest BCUT2D eigenvalue weighted by Crippen LogP contribution is 2.27. The summed E-state index contributed by atoms with van der Waals surface area (Å²) < 4.78 is 0. The Morgan fingerprint density at radius 2 is 2.41 bits per heavy atom. The van der Waals surface area contributed by atoms with Crippen LogP contribution in [0.15, 0.2) is 35.5 Å². The Kier molecular flexibility index (Phi) is 4.06. The van der Waals surface area contributed by atoms with Crippen LogP contribution in [-0.4, -0.2) is 17.4 Å². The second-order valence-corrected chi connectivity index (χ2v) is 5.20. The monoisotopic (exact) mass is 264 g/mol. The Balaban J connectivity index is 1.99. The van der Waals surface area contributed by atoms with Gasteiger partial charge in [0.1, 0.15) is 5.01 Å². The third-order valence-corrected chi connectivity index (χ3v) is 4.00. The van der Waals surface area contributed by atoms with E-state index in [1.807, 2.05) is 22.9 Å². The van der Waals surface area contributed by atoms with Crippen LogP contribution >= 0.6 is 22.7 Å². The van der Waals surface area contributed by atoms with Crippen molar-refractivity contribution in [1.82, 2.24) is 10.3 Å². The zero-order valence-electron chi connectivity index (χ0n) is 9.18. The second kappa shape index (κ2) is 5.75. The molecule has 2 aromatic rings. The van der Waals surface area contributed by atoms with Crippen molar-refractivity contribution in [2.45, 2.75) is 6.42 Å². The molecule has 0 unspecified atom stereocenters. The molecule has 2 aromatic heterocycles. The summed E-state index contributed by atoms with van der Waals surface area (Å²) in [5.74, 6) is -0.0204. The van der Waals surface area contributed by atoms with Crippen molar-refractivity contribution >= 4 is 28.6 Å². The molecule has 0 radical (unpaired) electrons. The average molecular weight is 264 g/mol. The third kappa shape index (κ3) is 3.25. The molecule has 0 aliphatic heterocycles. The highest BCUT2D eigenvalue weighted by Gasteiger charge is 2.08. The number of nitrogens with zero attached hydrogens (tertiary/aromatic N) is 1. The lowest BCUT2D eigenvalue weighted by Crippen LogP contribution is -2.25. The zero-order chi connectivity index (χ0) is 12.1. The van der Waals surface area contributed by atoms with E-state index in [0.29, 0.717) is 13.0 Å². The third-order valence-electron chi connectivity index (χ3n) is 2.07. The van der Waals surface area contributed by atoms with Crippen LogP contribution in [0.3, 0.4) is 0 Å². The first-order chi connectivity index (χ1) is 8.29. The SMILES string of the molecule is C=CCNC(=O)Cc1csc(-c2cccs2)n1. The number of carbonyl (C=O) groups excluding carboxylic acids is 1. The number of hydrogen-bond donors (Lipinski definition) is 1. The summed E-state index contributed by atoms with van der Waals surface area (Å²) in [6, 6.07) is 4.03. The van der Waals surface area contributed by atoms with Gasteiger partial charge >= 0.3 is 0 Å². The maximum atomic E-state index is 11.5. The molecule has 0 saturated heterocycles. The summed E-state index contributed by atoms with van der Waals surface area (Å²) >= 11 is 3.23. The van der Waals surface area contributed by atoms with Crippen molar-refractivity contribution in [1.29, 1.82) is 0 Å². The van der Waals surface area contributed by atoms with Gasteiger partial charge in [0.05, 0.1) is 17.0 Å². The topological polar surface area (TPSA) is 42.0 Å². The molecule has 2 heterocycles. The van der Waals surface area contributed by atoms with Crippen molar-refractivity contribution in [3.05, 3.63) is 41.2 Å². The number of nitrogens with one attached hydrogen (secondary N) is 1. The molecule has 0 bridgehead atoms. The van der Waals surface area contributed by atoms with Crippen LogP contribution < -0.4 is 5.32 Å². The van der Waals surface area contributed by atoms with E-state index in [9.17, 15) is 4.79 Å². The van der Waals surface area contributed by atoms with E-state index in [0.717, 1.165) is 15.6 Å². The van der Waals surface area contributed by atoms with Crippen molar-refractivity contribution < 1.29 is 4.79 Å². The van der Waals surface area contributed by atoms with Crippen molar-refractivity contribution in [3.8, 4) is 9.88 Å². The fourth-order valence-corrected chi connectivity index (χ4v) is 2.95. The predicted octanol–water partition coefficient (Wildman–Crippen LogP) is 2.72. The van der Waals surface area contributed by atoms with Crippen molar-refractivity contribution in [3.63, 3.8) is 0 Å². The summed E-state index contributed by atoms with van der Waals surface area (Å²) in [5.41, 5.74) is 0.819. The molecular weight excluding hydrogens is 252 g/mol. The van der Waals surface area contributed by atoms with Crippen LogP contribution in [0.4, 0.5) is 0 Å². The average Bonchev–Trinajstić information content (AvgIpc) is 2.95. The van der Waals surface area contributed by atoms with Gasteiger partial charge in [-0.2, -0.15) is 0 Å². The number of thiophene rings is 1. The number of aromatic nitrogens is 1.